The van der Waals surface area contributed by atoms with Crippen LogP contribution in [0.25, 0.3) is 11.2 Å². The molecule has 8 N–H and O–H groups in total. The molecule has 1 aliphatic rings. The van der Waals surface area contributed by atoms with Gasteiger partial charge in [0.05, 0.1) is 12.9 Å². The Balaban J connectivity index is 1.70. The first-order valence-corrected chi connectivity index (χ1v) is 13.1. The van der Waals surface area contributed by atoms with Crippen molar-refractivity contribution in [2.45, 2.75) is 30.2 Å². The first-order valence-electron chi connectivity index (χ1n) is 8.29. The zero-order chi connectivity index (χ0) is 24.1. The number of nitrogens with zero attached hydrogens (tertiary/aromatic N) is 4. The molecule has 2 aromatic rings. The molecule has 0 saturated carbocycles. The fourth-order valence-corrected chi connectivity index (χ4v) is 6.64. The van der Waals surface area contributed by atoms with E-state index >= 15 is 0 Å². The molecule has 180 valence electrons. The summed E-state index contributed by atoms with van der Waals surface area (Å²) in [4.78, 5) is 47.6. The van der Waals surface area contributed by atoms with E-state index in [0.29, 0.717) is 0 Å². The van der Waals surface area contributed by atoms with E-state index < -0.39 is 59.8 Å². The highest BCUT2D eigenvalue weighted by atomic mass is 31.3. The number of aliphatic hydroxyl groups excluding tert-OH is 2. The number of anilines is 1. The monoisotopic (exact) mass is 523 g/mol. The summed E-state index contributed by atoms with van der Waals surface area (Å²) in [5.74, 6) is 0.0231. The van der Waals surface area contributed by atoms with Gasteiger partial charge < -0.3 is 40.3 Å². The second kappa shape index (κ2) is 8.76. The molecular weight excluding hydrogens is 506 g/mol. The lowest BCUT2D eigenvalue weighted by Gasteiger charge is -2.21. The molecule has 0 spiro atoms. The minimum absolute atomic E-state index is 0.0231. The van der Waals surface area contributed by atoms with Crippen LogP contribution in [0, 0.1) is 0 Å². The Morgan fingerprint density at radius 1 is 1.16 bits per heavy atom. The largest absolute Gasteiger partial charge is 0.479 e. The number of aliphatic hydroxyl groups is 2. The van der Waals surface area contributed by atoms with Crippen LogP contribution >= 0.6 is 23.0 Å². The third-order valence-corrected chi connectivity index (χ3v) is 9.28. The molecule has 32 heavy (non-hydrogen) atoms. The molecule has 3 unspecified atom stereocenters. The Kier molecular flexibility index (Phi) is 6.91. The van der Waals surface area contributed by atoms with E-state index in [-0.39, 0.29) is 17.0 Å². The quantitative estimate of drug-likeness (QED) is 0.200. The molecule has 1 aliphatic heterocycles. The van der Waals surface area contributed by atoms with E-state index in [1.807, 2.05) is 0 Å². The lowest BCUT2D eigenvalue weighted by Crippen LogP contribution is -2.33. The van der Waals surface area contributed by atoms with Crippen molar-refractivity contribution >= 4 is 40.0 Å². The van der Waals surface area contributed by atoms with Gasteiger partial charge in [-0.05, 0) is 0 Å². The smallest absolute Gasteiger partial charge is 0.387 e. The van der Waals surface area contributed by atoms with Crippen molar-refractivity contribution in [1.29, 1.82) is 0 Å². The highest BCUT2D eigenvalue weighted by Gasteiger charge is 2.51. The van der Waals surface area contributed by atoms with Gasteiger partial charge in [-0.3, -0.25) is 18.2 Å². The molecule has 3 heterocycles. The Hall–Kier alpha value is -1.39. The van der Waals surface area contributed by atoms with Gasteiger partial charge in [-0.1, -0.05) is 0 Å². The topological polar surface area (TPSA) is 270 Å². The number of aromatic nitrogens is 4. The molecule has 0 amide bonds. The second-order valence-electron chi connectivity index (χ2n) is 6.44. The molecule has 0 aliphatic carbocycles. The number of imidazole rings is 1. The van der Waals surface area contributed by atoms with Crippen LogP contribution in [0.2, 0.25) is 0 Å². The lowest BCUT2D eigenvalue weighted by atomic mass is 10.1. The maximum absolute atomic E-state index is 13.4. The summed E-state index contributed by atoms with van der Waals surface area (Å²) < 4.78 is 62.2. The Bertz CT molecular complexity index is 1140. The maximum atomic E-state index is 13.4. The van der Waals surface area contributed by atoms with Crippen LogP contribution in [0.3, 0.4) is 0 Å². The van der Waals surface area contributed by atoms with E-state index in [4.69, 9.17) is 20.3 Å². The Morgan fingerprint density at radius 2 is 1.81 bits per heavy atom. The average Bonchev–Trinajstić information content (AvgIpc) is 3.21. The van der Waals surface area contributed by atoms with E-state index in [9.17, 15) is 38.1 Å². The SMILES string of the molecule is Nc1ncnc2c1ncn2[C@@H]1O[C@H](COP(=O)(O)OP(=O)(O)C(F)P(=O)(O)O)[C@@H](O)[C@H]1O. The number of nitrogen functional groups attached to an aromatic ring is 1. The van der Waals surface area contributed by atoms with E-state index in [1.54, 1.807) is 0 Å². The molecule has 0 aromatic carbocycles. The number of nitrogens with two attached hydrogens (primary N) is 1. The highest BCUT2D eigenvalue weighted by molar-refractivity contribution is 7.74. The predicted molar refractivity (Wildman–Crippen MR) is 99.3 cm³/mol. The summed E-state index contributed by atoms with van der Waals surface area (Å²) in [5, 5.41) is 20.4. The molecule has 2 aromatic heterocycles. The van der Waals surface area contributed by atoms with Crippen molar-refractivity contribution < 1.29 is 61.4 Å². The highest BCUT2D eigenvalue weighted by Crippen LogP contribution is 2.70. The summed E-state index contributed by atoms with van der Waals surface area (Å²) in [7, 11) is -17.3. The summed E-state index contributed by atoms with van der Waals surface area (Å²) >= 11 is 0. The Labute approximate surface area is 176 Å². The normalized spacial score (nSPS) is 29.0. The van der Waals surface area contributed by atoms with Gasteiger partial charge >= 0.3 is 23.0 Å². The standard InChI is InChI=1S/C11H17FN5O12P3/c12-11(30(20,21)22)31(23,24)29-32(25,26)27-1-4-6(18)7(19)10(28-4)17-3-16-5-8(13)14-2-15-9(5)17/h2-4,6-7,10-11,18-19H,1H2,(H,23,24)(H,25,26)(H2,13,14,15)(H2,20,21,22)/t4-,6-,7-,10-,11?/m1/s1. The summed E-state index contributed by atoms with van der Waals surface area (Å²) in [5.41, 5.74) is 2.14. The van der Waals surface area contributed by atoms with Gasteiger partial charge in [-0.15, -0.1) is 0 Å². The minimum atomic E-state index is -5.96. The van der Waals surface area contributed by atoms with Crippen molar-refractivity contribution in [3.63, 3.8) is 0 Å². The number of ether oxygens (including phenoxy) is 1. The molecule has 3 rings (SSSR count). The predicted octanol–water partition coefficient (Wildman–Crippen LogP) is -1.22. The number of fused-ring (bicyclic) bond motifs is 1. The van der Waals surface area contributed by atoms with Crippen LogP contribution in [-0.2, 0) is 27.3 Å². The van der Waals surface area contributed by atoms with Crippen molar-refractivity contribution in [3.05, 3.63) is 12.7 Å². The molecule has 7 atom stereocenters. The fraction of sp³-hybridized carbons (Fsp3) is 0.545. The van der Waals surface area contributed by atoms with E-state index in [0.717, 1.165) is 6.33 Å². The van der Waals surface area contributed by atoms with Crippen molar-refractivity contribution in [2.75, 3.05) is 12.3 Å². The molecule has 0 bridgehead atoms. The van der Waals surface area contributed by atoms with Gasteiger partial charge in [0.15, 0.2) is 17.7 Å². The fourth-order valence-electron chi connectivity index (χ4n) is 2.72. The first-order chi connectivity index (χ1) is 14.6. The van der Waals surface area contributed by atoms with Crippen LogP contribution < -0.4 is 5.73 Å². The van der Waals surface area contributed by atoms with E-state index in [2.05, 4.69) is 23.8 Å². The number of phosphoric acid groups is 1. The zero-order valence-electron chi connectivity index (χ0n) is 15.5. The maximum Gasteiger partial charge on any atom is 0.479 e. The molecule has 0 radical (unpaired) electrons. The number of halogens is 1. The molecule has 1 saturated heterocycles. The van der Waals surface area contributed by atoms with Crippen LogP contribution in [-0.4, -0.2) is 79.9 Å². The second-order valence-corrected chi connectivity index (χ2v) is 11.9. The van der Waals surface area contributed by atoms with Gasteiger partial charge in [0.1, 0.15) is 30.2 Å². The summed E-state index contributed by atoms with van der Waals surface area (Å²) in [6.07, 6.45) is -3.92. The number of rotatable bonds is 8. The van der Waals surface area contributed by atoms with Gasteiger partial charge in [0, 0.05) is 0 Å². The minimum Gasteiger partial charge on any atom is -0.387 e. The number of hydrogen-bond donors (Lipinski definition) is 7. The lowest BCUT2D eigenvalue weighted by molar-refractivity contribution is -0.0502. The number of hydrogen-bond acceptors (Lipinski definition) is 12. The van der Waals surface area contributed by atoms with Crippen LogP contribution in [0.1, 0.15) is 6.23 Å². The van der Waals surface area contributed by atoms with E-state index in [1.165, 1.54) is 10.9 Å². The molecule has 17 nitrogen and oxygen atoms in total. The van der Waals surface area contributed by atoms with Gasteiger partial charge in [-0.2, -0.15) is 0 Å². The molecule has 1 fully saturated rings. The summed E-state index contributed by atoms with van der Waals surface area (Å²) in [6.45, 7) is -1.03. The van der Waals surface area contributed by atoms with Gasteiger partial charge in [-0.25, -0.2) is 28.2 Å². The van der Waals surface area contributed by atoms with Crippen LogP contribution in [0.4, 0.5) is 10.2 Å². The molecular formula is C11H17FN5O12P3. The van der Waals surface area contributed by atoms with Gasteiger partial charge in [0.25, 0.3) is 5.65 Å². The van der Waals surface area contributed by atoms with Crippen LogP contribution in [0.5, 0.6) is 0 Å². The number of phosphoric ester groups is 1. The van der Waals surface area contributed by atoms with Crippen molar-refractivity contribution in [1.82, 2.24) is 19.5 Å². The van der Waals surface area contributed by atoms with Crippen molar-refractivity contribution in [3.8, 4) is 0 Å². The number of alkyl halides is 1. The van der Waals surface area contributed by atoms with Crippen LogP contribution in [0.15, 0.2) is 12.7 Å². The molecule has 21 heteroatoms. The Morgan fingerprint density at radius 3 is 2.44 bits per heavy atom. The van der Waals surface area contributed by atoms with Crippen molar-refractivity contribution in [2.24, 2.45) is 0 Å². The third kappa shape index (κ3) is 5.07. The van der Waals surface area contributed by atoms with Gasteiger partial charge in [0.2, 0.25) is 0 Å². The third-order valence-electron chi connectivity index (χ3n) is 4.17. The zero-order valence-corrected chi connectivity index (χ0v) is 18.2. The first kappa shape index (κ1) is 25.2. The summed E-state index contributed by atoms with van der Waals surface area (Å²) in [6, 6.07) is 0. The average molecular weight is 523 g/mol.